The molecule has 3 unspecified atom stereocenters. The van der Waals surface area contributed by atoms with Gasteiger partial charge < -0.3 is 19.6 Å². The molecule has 33 heavy (non-hydrogen) atoms. The molecule has 0 spiro atoms. The Kier molecular flexibility index (Phi) is 5.80. The lowest BCUT2D eigenvalue weighted by atomic mass is 9.78. The predicted octanol–water partition coefficient (Wildman–Crippen LogP) is 2.94. The molecule has 1 amide bonds. The second-order valence-electron chi connectivity index (χ2n) is 9.12. The minimum atomic E-state index is -0.420. The molecule has 5 rings (SSSR count). The Morgan fingerprint density at radius 1 is 1.24 bits per heavy atom. The maximum Gasteiger partial charge on any atom is 0.262 e. The Morgan fingerprint density at radius 2 is 2.06 bits per heavy atom. The first-order chi connectivity index (χ1) is 16.0. The first-order valence-electron chi connectivity index (χ1n) is 11.5. The molecular formula is C25H29FN4O3. The monoisotopic (exact) mass is 452 g/mol. The number of carbonyl (C=O) groups is 1. The number of aliphatic hydroxyl groups excluding tert-OH is 1. The summed E-state index contributed by atoms with van der Waals surface area (Å²) in [5.74, 6) is 1.36. The van der Waals surface area contributed by atoms with Crippen molar-refractivity contribution in [2.45, 2.75) is 32.2 Å². The lowest BCUT2D eigenvalue weighted by molar-refractivity contribution is -0.122. The number of rotatable bonds is 4. The summed E-state index contributed by atoms with van der Waals surface area (Å²) in [5, 5.41) is 13.5. The van der Waals surface area contributed by atoms with Crippen molar-refractivity contribution in [1.82, 2.24) is 10.3 Å². The highest BCUT2D eigenvalue weighted by Gasteiger charge is 2.37. The number of piperidine rings is 1. The van der Waals surface area contributed by atoms with E-state index in [1.807, 2.05) is 24.0 Å². The third-order valence-corrected chi connectivity index (χ3v) is 7.06. The lowest BCUT2D eigenvalue weighted by Crippen LogP contribution is -2.55. The van der Waals surface area contributed by atoms with E-state index in [1.54, 1.807) is 12.1 Å². The van der Waals surface area contributed by atoms with E-state index in [2.05, 4.69) is 28.4 Å². The molecule has 2 aromatic carbocycles. The van der Waals surface area contributed by atoms with Crippen LogP contribution in [0.5, 0.6) is 5.75 Å². The Morgan fingerprint density at radius 3 is 2.82 bits per heavy atom. The van der Waals surface area contributed by atoms with Crippen molar-refractivity contribution in [2.24, 2.45) is 11.0 Å². The van der Waals surface area contributed by atoms with Crippen molar-refractivity contribution in [3.05, 3.63) is 47.8 Å². The van der Waals surface area contributed by atoms with Crippen LogP contribution in [-0.4, -0.2) is 60.6 Å². The topological polar surface area (TPSA) is 77.4 Å². The van der Waals surface area contributed by atoms with E-state index in [9.17, 15) is 14.3 Å². The van der Waals surface area contributed by atoms with Crippen LogP contribution in [0.15, 0.2) is 41.5 Å². The fourth-order valence-electron chi connectivity index (χ4n) is 5.35. The van der Waals surface area contributed by atoms with Gasteiger partial charge >= 0.3 is 0 Å². The molecule has 3 atom stereocenters. The second kappa shape index (κ2) is 8.76. The van der Waals surface area contributed by atoms with E-state index >= 15 is 0 Å². The first-order valence-corrected chi connectivity index (χ1v) is 11.5. The van der Waals surface area contributed by atoms with E-state index in [0.29, 0.717) is 29.6 Å². The van der Waals surface area contributed by atoms with Crippen LogP contribution < -0.4 is 15.1 Å². The number of β-amino-alcohol motifs (C(OH)–C–C–N with tert-alkyl or cyclic N) is 1. The zero-order chi connectivity index (χ0) is 23.1. The molecule has 0 saturated carbocycles. The third kappa shape index (κ3) is 3.87. The summed E-state index contributed by atoms with van der Waals surface area (Å²) in [4.78, 5) is 16.6. The number of fused-ring (bicyclic) bond motifs is 3. The van der Waals surface area contributed by atoms with Crippen molar-refractivity contribution < 1.29 is 19.0 Å². The van der Waals surface area contributed by atoms with E-state index in [1.165, 1.54) is 6.07 Å². The molecule has 0 aromatic heterocycles. The molecule has 3 aliphatic rings. The molecule has 3 aliphatic heterocycles. The van der Waals surface area contributed by atoms with Gasteiger partial charge in [-0.3, -0.25) is 4.79 Å². The van der Waals surface area contributed by atoms with Crippen LogP contribution in [0.3, 0.4) is 0 Å². The molecule has 1 fully saturated rings. The fraction of sp³-hybridized carbons (Fsp3) is 0.440. The number of amidine groups is 1. The van der Waals surface area contributed by atoms with E-state index in [4.69, 9.17) is 4.74 Å². The number of anilines is 1. The van der Waals surface area contributed by atoms with Gasteiger partial charge in [-0.1, -0.05) is 25.1 Å². The summed E-state index contributed by atoms with van der Waals surface area (Å²) in [6.07, 6.45) is 0.902. The summed E-state index contributed by atoms with van der Waals surface area (Å²) >= 11 is 0. The van der Waals surface area contributed by atoms with Crippen molar-refractivity contribution in [3.63, 3.8) is 0 Å². The zero-order valence-corrected chi connectivity index (χ0v) is 18.9. The fourth-order valence-corrected chi connectivity index (χ4v) is 5.35. The van der Waals surface area contributed by atoms with Crippen LogP contribution in [0.25, 0.3) is 11.1 Å². The van der Waals surface area contributed by atoms with Crippen molar-refractivity contribution in [3.8, 4) is 16.9 Å². The largest absolute Gasteiger partial charge is 0.483 e. The second-order valence-corrected chi connectivity index (χ2v) is 9.12. The van der Waals surface area contributed by atoms with Crippen molar-refractivity contribution in [2.75, 3.05) is 37.7 Å². The lowest BCUT2D eigenvalue weighted by Gasteiger charge is -2.41. The number of nitrogens with one attached hydrogen (secondary N) is 1. The molecule has 2 aromatic rings. The molecule has 1 saturated heterocycles. The van der Waals surface area contributed by atoms with Crippen LogP contribution in [0.4, 0.5) is 10.1 Å². The van der Waals surface area contributed by atoms with Gasteiger partial charge in [0.2, 0.25) is 0 Å². The maximum absolute atomic E-state index is 14.9. The SMILES string of the molecule is CC1CN(CCO)CCC1c1cc2c(cc1-c1ccccc1F)OCC1=NNC(=O)C(C)N12. The zero-order valence-electron chi connectivity index (χ0n) is 18.9. The summed E-state index contributed by atoms with van der Waals surface area (Å²) in [7, 11) is 0. The van der Waals surface area contributed by atoms with Gasteiger partial charge in [0.25, 0.3) is 5.91 Å². The summed E-state index contributed by atoms with van der Waals surface area (Å²) in [6.45, 7) is 6.84. The summed E-state index contributed by atoms with van der Waals surface area (Å²) < 4.78 is 21.0. The number of ether oxygens (including phenoxy) is 1. The highest BCUT2D eigenvalue weighted by molar-refractivity contribution is 6.09. The number of benzene rings is 2. The summed E-state index contributed by atoms with van der Waals surface area (Å²) in [6, 6.07) is 10.4. The number of hydrazone groups is 1. The number of hydrogen-bond acceptors (Lipinski definition) is 6. The molecule has 7 nitrogen and oxygen atoms in total. The average molecular weight is 453 g/mol. The Labute approximate surface area is 192 Å². The van der Waals surface area contributed by atoms with Crippen LogP contribution in [-0.2, 0) is 4.79 Å². The van der Waals surface area contributed by atoms with Gasteiger partial charge in [-0.15, -0.1) is 0 Å². The van der Waals surface area contributed by atoms with E-state index in [0.717, 1.165) is 36.3 Å². The van der Waals surface area contributed by atoms with Crippen LogP contribution >= 0.6 is 0 Å². The van der Waals surface area contributed by atoms with E-state index in [-0.39, 0.29) is 30.9 Å². The van der Waals surface area contributed by atoms with Gasteiger partial charge in [0, 0.05) is 18.7 Å². The van der Waals surface area contributed by atoms with Gasteiger partial charge in [-0.05, 0) is 61.1 Å². The van der Waals surface area contributed by atoms with Crippen molar-refractivity contribution >= 4 is 17.4 Å². The van der Waals surface area contributed by atoms with Gasteiger partial charge in [0.15, 0.2) is 5.84 Å². The number of carbonyl (C=O) groups excluding carboxylic acids is 1. The molecule has 2 N–H and O–H groups in total. The van der Waals surface area contributed by atoms with Crippen molar-refractivity contribution in [1.29, 1.82) is 0 Å². The molecule has 8 heteroatoms. The minimum absolute atomic E-state index is 0.144. The van der Waals surface area contributed by atoms with Crippen LogP contribution in [0, 0.1) is 11.7 Å². The molecule has 0 radical (unpaired) electrons. The van der Waals surface area contributed by atoms with Crippen LogP contribution in [0.2, 0.25) is 0 Å². The average Bonchev–Trinajstić information content (AvgIpc) is 2.81. The number of hydrogen-bond donors (Lipinski definition) is 2. The maximum atomic E-state index is 14.9. The minimum Gasteiger partial charge on any atom is -0.483 e. The third-order valence-electron chi connectivity index (χ3n) is 7.06. The molecule has 174 valence electrons. The molecular weight excluding hydrogens is 423 g/mol. The number of nitrogens with zero attached hydrogens (tertiary/aromatic N) is 3. The highest BCUT2D eigenvalue weighted by atomic mass is 19.1. The number of likely N-dealkylation sites (tertiary alicyclic amines) is 1. The Balaban J connectivity index is 1.64. The smallest absolute Gasteiger partial charge is 0.262 e. The summed E-state index contributed by atoms with van der Waals surface area (Å²) in [5.41, 5.74) is 5.78. The Hall–Kier alpha value is -2.97. The molecule has 0 bridgehead atoms. The van der Waals surface area contributed by atoms with Gasteiger partial charge in [-0.2, -0.15) is 5.10 Å². The number of aliphatic hydroxyl groups is 1. The van der Waals surface area contributed by atoms with Gasteiger partial charge in [0.1, 0.15) is 24.2 Å². The van der Waals surface area contributed by atoms with Gasteiger partial charge in [-0.25, -0.2) is 9.82 Å². The molecule has 3 heterocycles. The highest BCUT2D eigenvalue weighted by Crippen LogP contribution is 2.46. The first kappa shape index (κ1) is 21.9. The van der Waals surface area contributed by atoms with Gasteiger partial charge in [0.05, 0.1) is 12.3 Å². The quantitative estimate of drug-likeness (QED) is 0.746. The predicted molar refractivity (Wildman–Crippen MR) is 125 cm³/mol. The standard InChI is InChI=1S/C25H29FN4O3/c1-15-13-29(9-10-31)8-7-17(15)19-11-22-23(12-20(19)18-5-3-4-6-21(18)26)33-14-24-27-28-25(32)16(2)30(22)24/h3-6,11-12,15-17,31H,7-10,13-14H2,1-2H3,(H,28,32). The normalized spacial score (nSPS) is 25.0. The van der Waals surface area contributed by atoms with E-state index < -0.39 is 6.04 Å². The number of halogens is 1. The molecule has 0 aliphatic carbocycles. The van der Waals surface area contributed by atoms with Crippen LogP contribution in [0.1, 0.15) is 31.7 Å². The number of amides is 1. The Bertz CT molecular complexity index is 1110.